The highest BCUT2D eigenvalue weighted by atomic mass is 35.5. The standard InChI is InChI=1S/C27H30ClFN8O2/c1-7-24(38)31-19-14-20(23(39-6)15-21(19)36(4)11-10-35(2)3)33-27-30-9-8-18(32-27)26-34-25-17(29)12-16(28)13-22(25)37(26)5/h7-9,12-15H,1,10-11H2,2-6H3,(H,31,38)(H,30,32,33). The van der Waals surface area contributed by atoms with Gasteiger partial charge in [-0.1, -0.05) is 18.2 Å². The van der Waals surface area contributed by atoms with Crippen LogP contribution in [0.4, 0.5) is 27.4 Å². The number of nitrogens with one attached hydrogen (secondary N) is 2. The van der Waals surface area contributed by atoms with Crippen molar-refractivity contribution in [2.75, 3.05) is 56.9 Å². The first-order valence-corrected chi connectivity index (χ1v) is 12.4. The Morgan fingerprint density at radius 1 is 1.18 bits per heavy atom. The number of carbonyl (C=O) groups excluding carboxylic acids is 1. The molecule has 0 aliphatic rings. The molecule has 2 heterocycles. The molecule has 0 fully saturated rings. The number of ether oxygens (including phenoxy) is 1. The van der Waals surface area contributed by atoms with Crippen LogP contribution < -0.4 is 20.3 Å². The molecule has 0 unspecified atom stereocenters. The van der Waals surface area contributed by atoms with E-state index in [-0.39, 0.29) is 22.4 Å². The Labute approximate surface area is 231 Å². The van der Waals surface area contributed by atoms with Gasteiger partial charge in [0.05, 0.1) is 29.7 Å². The lowest BCUT2D eigenvalue weighted by molar-refractivity contribution is -0.111. The number of methoxy groups -OCH3 is 1. The van der Waals surface area contributed by atoms with Crippen LogP contribution in [0.5, 0.6) is 5.75 Å². The van der Waals surface area contributed by atoms with Gasteiger partial charge >= 0.3 is 0 Å². The zero-order valence-electron chi connectivity index (χ0n) is 22.4. The summed E-state index contributed by atoms with van der Waals surface area (Å²) in [6.07, 6.45) is 2.78. The Morgan fingerprint density at radius 3 is 2.64 bits per heavy atom. The molecule has 0 aliphatic heterocycles. The Balaban J connectivity index is 1.72. The van der Waals surface area contributed by atoms with Crippen LogP contribution in [-0.2, 0) is 11.8 Å². The van der Waals surface area contributed by atoms with Gasteiger partial charge in [0.25, 0.3) is 0 Å². The maximum absolute atomic E-state index is 14.5. The van der Waals surface area contributed by atoms with E-state index in [0.717, 1.165) is 18.8 Å². The van der Waals surface area contributed by atoms with Gasteiger partial charge in [-0.2, -0.15) is 0 Å². The Morgan fingerprint density at radius 2 is 1.95 bits per heavy atom. The SMILES string of the molecule is C=CC(=O)Nc1cc(Nc2nccc(-c3nc4c(F)cc(Cl)cc4n3C)n2)c(OC)cc1N(C)CCN(C)C. The van der Waals surface area contributed by atoms with E-state index in [1.165, 1.54) is 12.1 Å². The number of hydrogen-bond donors (Lipinski definition) is 2. The number of aromatic nitrogens is 4. The van der Waals surface area contributed by atoms with E-state index in [0.29, 0.717) is 34.2 Å². The van der Waals surface area contributed by atoms with Gasteiger partial charge < -0.3 is 29.7 Å². The maximum Gasteiger partial charge on any atom is 0.247 e. The van der Waals surface area contributed by atoms with Gasteiger partial charge in [0.2, 0.25) is 11.9 Å². The zero-order chi connectivity index (χ0) is 28.3. The lowest BCUT2D eigenvalue weighted by Gasteiger charge is -2.26. The number of carbonyl (C=O) groups is 1. The third-order valence-electron chi connectivity index (χ3n) is 6.09. The van der Waals surface area contributed by atoms with Gasteiger partial charge in [0.15, 0.2) is 11.6 Å². The second-order valence-electron chi connectivity index (χ2n) is 9.13. The van der Waals surface area contributed by atoms with E-state index < -0.39 is 5.82 Å². The van der Waals surface area contributed by atoms with E-state index in [9.17, 15) is 9.18 Å². The molecular weight excluding hydrogens is 523 g/mol. The van der Waals surface area contributed by atoms with Gasteiger partial charge in [-0.25, -0.2) is 19.3 Å². The summed E-state index contributed by atoms with van der Waals surface area (Å²) >= 11 is 6.05. The third kappa shape index (κ3) is 6.10. The van der Waals surface area contributed by atoms with E-state index >= 15 is 0 Å². The van der Waals surface area contributed by atoms with Gasteiger partial charge in [0, 0.05) is 44.5 Å². The summed E-state index contributed by atoms with van der Waals surface area (Å²) in [6, 6.07) is 8.15. The molecular formula is C27H30ClFN8O2. The fourth-order valence-corrected chi connectivity index (χ4v) is 4.21. The minimum atomic E-state index is -0.513. The minimum absolute atomic E-state index is 0.197. The number of halogens is 2. The number of anilines is 4. The molecule has 4 rings (SSSR count). The molecule has 0 spiro atoms. The Kier molecular flexibility index (Phi) is 8.32. The number of nitrogens with zero attached hydrogens (tertiary/aromatic N) is 6. The van der Waals surface area contributed by atoms with Crippen molar-refractivity contribution in [2.24, 2.45) is 7.05 Å². The van der Waals surface area contributed by atoms with Crippen LogP contribution in [0.3, 0.4) is 0 Å². The van der Waals surface area contributed by atoms with Crippen LogP contribution in [0.2, 0.25) is 5.02 Å². The van der Waals surface area contributed by atoms with Crippen molar-refractivity contribution in [3.05, 3.63) is 60.0 Å². The van der Waals surface area contributed by atoms with E-state index in [1.54, 1.807) is 43.1 Å². The lowest BCUT2D eigenvalue weighted by Crippen LogP contribution is -2.29. The predicted molar refractivity (Wildman–Crippen MR) is 154 cm³/mol. The molecule has 204 valence electrons. The molecule has 2 aromatic carbocycles. The molecule has 39 heavy (non-hydrogen) atoms. The molecule has 2 N–H and O–H groups in total. The average molecular weight is 553 g/mol. The zero-order valence-corrected chi connectivity index (χ0v) is 23.2. The molecule has 2 aromatic heterocycles. The minimum Gasteiger partial charge on any atom is -0.494 e. The number of amides is 1. The monoisotopic (exact) mass is 552 g/mol. The summed E-state index contributed by atoms with van der Waals surface area (Å²) in [4.78, 5) is 29.7. The number of imidazole rings is 1. The van der Waals surface area contributed by atoms with Crippen molar-refractivity contribution < 1.29 is 13.9 Å². The molecule has 0 aliphatic carbocycles. The second-order valence-corrected chi connectivity index (χ2v) is 9.56. The molecule has 0 radical (unpaired) electrons. The third-order valence-corrected chi connectivity index (χ3v) is 6.31. The van der Waals surface area contributed by atoms with Crippen molar-refractivity contribution >= 4 is 51.6 Å². The summed E-state index contributed by atoms with van der Waals surface area (Å²) in [5.74, 6) is 0.361. The van der Waals surface area contributed by atoms with Crippen molar-refractivity contribution in [3.63, 3.8) is 0 Å². The summed E-state index contributed by atoms with van der Waals surface area (Å²) in [6.45, 7) is 5.08. The van der Waals surface area contributed by atoms with E-state index in [4.69, 9.17) is 16.3 Å². The summed E-state index contributed by atoms with van der Waals surface area (Å²) < 4.78 is 21.9. The van der Waals surface area contributed by atoms with Gasteiger partial charge in [0.1, 0.15) is 17.0 Å². The number of aryl methyl sites for hydroxylation is 1. The van der Waals surface area contributed by atoms with Crippen molar-refractivity contribution in [2.45, 2.75) is 0 Å². The van der Waals surface area contributed by atoms with Crippen LogP contribution in [0, 0.1) is 5.82 Å². The Hall–Kier alpha value is -4.22. The molecule has 4 aromatic rings. The largest absolute Gasteiger partial charge is 0.494 e. The summed E-state index contributed by atoms with van der Waals surface area (Å²) in [7, 11) is 9.25. The highest BCUT2D eigenvalue weighted by molar-refractivity contribution is 6.31. The molecule has 0 saturated carbocycles. The lowest BCUT2D eigenvalue weighted by atomic mass is 10.2. The van der Waals surface area contributed by atoms with Gasteiger partial charge in [-0.3, -0.25) is 4.79 Å². The normalized spacial score (nSPS) is 11.1. The Bertz CT molecular complexity index is 1540. The fraction of sp³-hybridized carbons (Fsp3) is 0.259. The highest BCUT2D eigenvalue weighted by Gasteiger charge is 2.18. The van der Waals surface area contributed by atoms with Crippen LogP contribution in [-0.4, -0.2) is 71.7 Å². The van der Waals surface area contributed by atoms with Crippen molar-refractivity contribution in [3.8, 4) is 17.3 Å². The van der Waals surface area contributed by atoms with E-state index in [2.05, 4.69) is 37.1 Å². The number of fused-ring (bicyclic) bond motifs is 1. The fourth-order valence-electron chi connectivity index (χ4n) is 4.01. The van der Waals surface area contributed by atoms with Crippen molar-refractivity contribution in [1.29, 1.82) is 0 Å². The molecule has 0 saturated heterocycles. The first kappa shape index (κ1) is 27.8. The molecule has 0 bridgehead atoms. The average Bonchev–Trinajstić information content (AvgIpc) is 3.24. The number of hydrogen-bond acceptors (Lipinski definition) is 8. The van der Waals surface area contributed by atoms with Crippen molar-refractivity contribution in [1.82, 2.24) is 24.4 Å². The number of likely N-dealkylation sites (N-methyl/N-ethyl adjacent to an activating group) is 2. The number of benzene rings is 2. The maximum atomic E-state index is 14.5. The summed E-state index contributed by atoms with van der Waals surface area (Å²) in [5, 5.41) is 6.32. The first-order valence-electron chi connectivity index (χ1n) is 12.0. The van der Waals surface area contributed by atoms with Crippen LogP contribution >= 0.6 is 11.6 Å². The topological polar surface area (TPSA) is 100 Å². The number of rotatable bonds is 10. The van der Waals surface area contributed by atoms with Crippen LogP contribution in [0.1, 0.15) is 0 Å². The van der Waals surface area contributed by atoms with Crippen LogP contribution in [0.15, 0.2) is 49.2 Å². The highest BCUT2D eigenvalue weighted by Crippen LogP contribution is 2.38. The second kappa shape index (κ2) is 11.7. The molecule has 10 nitrogen and oxygen atoms in total. The molecule has 0 atom stereocenters. The van der Waals surface area contributed by atoms with Crippen LogP contribution in [0.25, 0.3) is 22.6 Å². The molecule has 12 heteroatoms. The molecule has 1 amide bonds. The summed E-state index contributed by atoms with van der Waals surface area (Å²) in [5.41, 5.74) is 3.07. The quantitative estimate of drug-likeness (QED) is 0.273. The predicted octanol–water partition coefficient (Wildman–Crippen LogP) is 4.70. The van der Waals surface area contributed by atoms with Gasteiger partial charge in [-0.15, -0.1) is 0 Å². The first-order chi connectivity index (χ1) is 18.6. The smallest absolute Gasteiger partial charge is 0.247 e. The van der Waals surface area contributed by atoms with Gasteiger partial charge in [-0.05, 0) is 44.4 Å². The van der Waals surface area contributed by atoms with E-state index in [1.807, 2.05) is 32.1 Å².